The van der Waals surface area contributed by atoms with E-state index in [1.165, 1.54) is 21.2 Å². The lowest BCUT2D eigenvalue weighted by atomic mass is 10.0. The Labute approximate surface area is 129 Å². The van der Waals surface area contributed by atoms with Gasteiger partial charge in [-0.3, -0.25) is 4.98 Å². The van der Waals surface area contributed by atoms with Crippen LogP contribution < -0.4 is 5.32 Å². The average Bonchev–Trinajstić information content (AvgIpc) is 2.94. The zero-order chi connectivity index (χ0) is 14.7. The van der Waals surface area contributed by atoms with Crippen molar-refractivity contribution in [3.8, 4) is 0 Å². The minimum absolute atomic E-state index is 0.168. The second kappa shape index (κ2) is 6.37. The van der Waals surface area contributed by atoms with Gasteiger partial charge in [0, 0.05) is 16.5 Å². The number of fused-ring (bicyclic) bond motifs is 1. The molecule has 3 heteroatoms. The summed E-state index contributed by atoms with van der Waals surface area (Å²) in [6.45, 7) is 5.34. The summed E-state index contributed by atoms with van der Waals surface area (Å²) >= 11 is 1.80. The maximum atomic E-state index is 4.69. The average molecular weight is 296 g/mol. The van der Waals surface area contributed by atoms with Crippen LogP contribution in [0.4, 0.5) is 0 Å². The fraction of sp³-hybridized carbons (Fsp3) is 0.278. The summed E-state index contributed by atoms with van der Waals surface area (Å²) in [6.07, 6.45) is 3.03. The van der Waals surface area contributed by atoms with Gasteiger partial charge in [0.05, 0.1) is 11.7 Å². The smallest absolute Gasteiger partial charge is 0.0765 e. The number of rotatable bonds is 5. The number of hydrogen-bond acceptors (Lipinski definition) is 3. The first kappa shape index (κ1) is 14.2. The molecule has 0 bridgehead atoms. The minimum Gasteiger partial charge on any atom is -0.305 e. The van der Waals surface area contributed by atoms with Gasteiger partial charge in [-0.1, -0.05) is 31.2 Å². The van der Waals surface area contributed by atoms with Crippen molar-refractivity contribution < 1.29 is 0 Å². The third-order valence-corrected chi connectivity index (χ3v) is 4.54. The third kappa shape index (κ3) is 2.99. The Bertz CT molecular complexity index is 727. The van der Waals surface area contributed by atoms with Crippen LogP contribution in [-0.4, -0.2) is 11.5 Å². The summed E-state index contributed by atoms with van der Waals surface area (Å²) in [7, 11) is 0. The van der Waals surface area contributed by atoms with E-state index in [-0.39, 0.29) is 6.04 Å². The number of aryl methyl sites for hydroxylation is 1. The highest BCUT2D eigenvalue weighted by Gasteiger charge is 2.18. The maximum absolute atomic E-state index is 4.69. The molecule has 1 N–H and O–H groups in total. The van der Waals surface area contributed by atoms with Crippen molar-refractivity contribution in [3.05, 3.63) is 64.1 Å². The van der Waals surface area contributed by atoms with Crippen molar-refractivity contribution in [2.45, 2.75) is 26.3 Å². The van der Waals surface area contributed by atoms with Crippen LogP contribution >= 0.6 is 11.3 Å². The lowest BCUT2D eigenvalue weighted by molar-refractivity contribution is 0.591. The van der Waals surface area contributed by atoms with Crippen LogP contribution in [0.2, 0.25) is 0 Å². The van der Waals surface area contributed by atoms with Gasteiger partial charge in [0.25, 0.3) is 0 Å². The molecule has 0 aliphatic rings. The molecular formula is C18H20N2S. The molecule has 3 rings (SSSR count). The van der Waals surface area contributed by atoms with Gasteiger partial charge in [0.1, 0.15) is 0 Å². The van der Waals surface area contributed by atoms with E-state index in [1.807, 2.05) is 6.20 Å². The van der Waals surface area contributed by atoms with Crippen LogP contribution in [0.25, 0.3) is 10.8 Å². The van der Waals surface area contributed by atoms with Crippen molar-refractivity contribution in [2.75, 3.05) is 6.54 Å². The van der Waals surface area contributed by atoms with Crippen molar-refractivity contribution in [2.24, 2.45) is 0 Å². The van der Waals surface area contributed by atoms with Crippen molar-refractivity contribution in [1.29, 1.82) is 0 Å². The molecule has 2 nitrogen and oxygen atoms in total. The Morgan fingerprint density at radius 1 is 1.24 bits per heavy atom. The molecule has 0 spiro atoms. The Morgan fingerprint density at radius 2 is 2.10 bits per heavy atom. The molecule has 1 aromatic carbocycles. The number of thiophene rings is 1. The Morgan fingerprint density at radius 3 is 2.86 bits per heavy atom. The molecule has 0 saturated heterocycles. The zero-order valence-corrected chi connectivity index (χ0v) is 13.3. The highest BCUT2D eigenvalue weighted by molar-refractivity contribution is 7.10. The van der Waals surface area contributed by atoms with Crippen LogP contribution in [0.5, 0.6) is 0 Å². The van der Waals surface area contributed by atoms with Crippen molar-refractivity contribution in [3.63, 3.8) is 0 Å². The number of pyridine rings is 1. The summed E-state index contributed by atoms with van der Waals surface area (Å²) in [6, 6.07) is 13.0. The quantitative estimate of drug-likeness (QED) is 0.738. The topological polar surface area (TPSA) is 24.9 Å². The summed E-state index contributed by atoms with van der Waals surface area (Å²) in [5.41, 5.74) is 2.44. The number of nitrogens with zero attached hydrogens (tertiary/aromatic N) is 1. The monoisotopic (exact) mass is 296 g/mol. The second-order valence-corrected chi connectivity index (χ2v) is 6.41. The molecule has 2 aromatic heterocycles. The maximum Gasteiger partial charge on any atom is 0.0765 e. The van der Waals surface area contributed by atoms with Gasteiger partial charge in [0.15, 0.2) is 0 Å². The molecule has 0 aliphatic carbocycles. The number of benzene rings is 1. The van der Waals surface area contributed by atoms with Crippen LogP contribution in [0.15, 0.2) is 48.0 Å². The lowest BCUT2D eigenvalue weighted by Gasteiger charge is -2.19. The minimum atomic E-state index is 0.168. The Kier molecular flexibility index (Phi) is 4.32. The number of hydrogen-bond donors (Lipinski definition) is 1. The van der Waals surface area contributed by atoms with Crippen molar-refractivity contribution in [1.82, 2.24) is 10.3 Å². The second-order valence-electron chi connectivity index (χ2n) is 5.30. The first-order valence-corrected chi connectivity index (χ1v) is 8.29. The Balaban J connectivity index is 2.09. The van der Waals surface area contributed by atoms with Gasteiger partial charge in [0.2, 0.25) is 0 Å². The molecule has 0 fully saturated rings. The molecule has 2 heterocycles. The number of nitrogens with one attached hydrogen (secondary N) is 1. The van der Waals surface area contributed by atoms with Gasteiger partial charge in [-0.25, -0.2) is 0 Å². The van der Waals surface area contributed by atoms with E-state index in [1.54, 1.807) is 11.3 Å². The molecule has 1 atom stereocenters. The van der Waals surface area contributed by atoms with E-state index in [4.69, 9.17) is 0 Å². The summed E-state index contributed by atoms with van der Waals surface area (Å²) in [5.74, 6) is 0. The van der Waals surface area contributed by atoms with E-state index in [9.17, 15) is 0 Å². The largest absolute Gasteiger partial charge is 0.305 e. The summed E-state index contributed by atoms with van der Waals surface area (Å²) in [5, 5.41) is 8.38. The molecule has 1 unspecified atom stereocenters. The first-order valence-electron chi connectivity index (χ1n) is 7.41. The molecule has 0 saturated carbocycles. The van der Waals surface area contributed by atoms with E-state index < -0.39 is 0 Å². The van der Waals surface area contributed by atoms with Gasteiger partial charge < -0.3 is 5.32 Å². The highest BCUT2D eigenvalue weighted by Crippen LogP contribution is 2.29. The molecule has 0 aliphatic heterocycles. The molecule has 0 radical (unpaired) electrons. The van der Waals surface area contributed by atoms with Crippen LogP contribution in [0.1, 0.15) is 35.5 Å². The standard InChI is InChI=1S/C18H20N2S/c1-3-9-19-17(15-11-13(2)21-12-15)18-16-7-5-4-6-14(16)8-10-20-18/h4-8,10-12,17,19H,3,9H2,1-2H3. The Hall–Kier alpha value is -1.71. The summed E-state index contributed by atoms with van der Waals surface area (Å²) in [4.78, 5) is 6.03. The van der Waals surface area contributed by atoms with Crippen molar-refractivity contribution >= 4 is 22.1 Å². The fourth-order valence-corrected chi connectivity index (χ4v) is 3.38. The lowest BCUT2D eigenvalue weighted by Crippen LogP contribution is -2.23. The molecular weight excluding hydrogens is 276 g/mol. The molecule has 3 aromatic rings. The number of aromatic nitrogens is 1. The summed E-state index contributed by atoms with van der Waals surface area (Å²) < 4.78 is 0. The van der Waals surface area contributed by atoms with Crippen LogP contribution in [-0.2, 0) is 0 Å². The van der Waals surface area contributed by atoms with Gasteiger partial charge in [-0.05, 0) is 48.4 Å². The molecule has 0 amide bonds. The van der Waals surface area contributed by atoms with Crippen LogP contribution in [0.3, 0.4) is 0 Å². The highest BCUT2D eigenvalue weighted by atomic mass is 32.1. The van der Waals surface area contributed by atoms with E-state index >= 15 is 0 Å². The van der Waals surface area contributed by atoms with Gasteiger partial charge >= 0.3 is 0 Å². The van der Waals surface area contributed by atoms with Gasteiger partial charge in [-0.2, -0.15) is 0 Å². The third-order valence-electron chi connectivity index (χ3n) is 3.66. The molecule has 108 valence electrons. The predicted octanol–water partition coefficient (Wildman–Crippen LogP) is 4.69. The predicted molar refractivity (Wildman–Crippen MR) is 90.9 cm³/mol. The van der Waals surface area contributed by atoms with Gasteiger partial charge in [-0.15, -0.1) is 11.3 Å². The van der Waals surface area contributed by atoms with E-state index in [2.05, 4.69) is 65.9 Å². The first-order chi connectivity index (χ1) is 10.3. The normalized spacial score (nSPS) is 12.7. The zero-order valence-electron chi connectivity index (χ0n) is 12.5. The van der Waals surface area contributed by atoms with Crippen LogP contribution in [0, 0.1) is 6.92 Å². The fourth-order valence-electron chi connectivity index (χ4n) is 2.65. The van der Waals surface area contributed by atoms with E-state index in [0.29, 0.717) is 0 Å². The molecule has 21 heavy (non-hydrogen) atoms. The SMILES string of the molecule is CCCNC(c1csc(C)c1)c1nccc2ccccc12. The van der Waals surface area contributed by atoms with E-state index in [0.717, 1.165) is 18.7 Å².